The summed E-state index contributed by atoms with van der Waals surface area (Å²) in [5.41, 5.74) is 9.27. The van der Waals surface area contributed by atoms with Gasteiger partial charge in [0.2, 0.25) is 0 Å². The van der Waals surface area contributed by atoms with E-state index < -0.39 is 7.12 Å². The Balaban J connectivity index is 1.38. The van der Waals surface area contributed by atoms with E-state index in [1.54, 1.807) is 17.4 Å². The first-order chi connectivity index (χ1) is 18.4. The molecular formula is C33H24BNO2S. The van der Waals surface area contributed by atoms with Crippen LogP contribution in [0.4, 0.5) is 0 Å². The molecule has 0 saturated heterocycles. The monoisotopic (exact) mass is 509 g/mol. The number of fused-ring (bicyclic) bond motifs is 8. The van der Waals surface area contributed by atoms with E-state index in [4.69, 9.17) is 0 Å². The van der Waals surface area contributed by atoms with Crippen molar-refractivity contribution in [1.82, 2.24) is 4.57 Å². The van der Waals surface area contributed by atoms with Crippen LogP contribution in [0.15, 0.2) is 97.1 Å². The molecule has 8 rings (SSSR count). The van der Waals surface area contributed by atoms with Crippen LogP contribution in [0.3, 0.4) is 0 Å². The van der Waals surface area contributed by atoms with Crippen molar-refractivity contribution in [2.45, 2.75) is 19.3 Å². The molecule has 0 saturated carbocycles. The first kappa shape index (κ1) is 22.1. The topological polar surface area (TPSA) is 45.4 Å². The zero-order valence-corrected chi connectivity index (χ0v) is 21.9. The minimum atomic E-state index is -1.47. The number of hydrogen-bond acceptors (Lipinski definition) is 3. The van der Waals surface area contributed by atoms with Crippen LogP contribution >= 0.6 is 11.3 Å². The van der Waals surface area contributed by atoms with Gasteiger partial charge in [0.25, 0.3) is 0 Å². The van der Waals surface area contributed by atoms with Crippen LogP contribution in [0.5, 0.6) is 0 Å². The van der Waals surface area contributed by atoms with E-state index in [0.717, 1.165) is 21.0 Å². The van der Waals surface area contributed by atoms with Gasteiger partial charge in [0.15, 0.2) is 0 Å². The van der Waals surface area contributed by atoms with E-state index in [0.29, 0.717) is 5.46 Å². The Morgan fingerprint density at radius 1 is 0.658 bits per heavy atom. The zero-order valence-electron chi connectivity index (χ0n) is 21.1. The van der Waals surface area contributed by atoms with Crippen molar-refractivity contribution < 1.29 is 10.0 Å². The molecule has 2 aromatic heterocycles. The van der Waals surface area contributed by atoms with Gasteiger partial charge >= 0.3 is 7.12 Å². The maximum absolute atomic E-state index is 9.71. The predicted octanol–water partition coefficient (Wildman–Crippen LogP) is 7.14. The lowest BCUT2D eigenvalue weighted by Gasteiger charge is -2.34. The minimum absolute atomic E-state index is 0.0741. The zero-order chi connectivity index (χ0) is 25.8. The fourth-order valence-corrected chi connectivity index (χ4v) is 7.55. The molecule has 0 fully saturated rings. The highest BCUT2D eigenvalue weighted by atomic mass is 32.1. The fraction of sp³-hybridized carbons (Fsp3) is 0.0909. The number of thiophene rings is 1. The number of hydrogen-bond donors (Lipinski definition) is 2. The summed E-state index contributed by atoms with van der Waals surface area (Å²) < 4.78 is 4.79. The first-order valence-electron chi connectivity index (χ1n) is 12.9. The molecule has 0 aliphatic carbocycles. The third kappa shape index (κ3) is 2.87. The molecule has 7 aromatic rings. The van der Waals surface area contributed by atoms with E-state index in [9.17, 15) is 10.0 Å². The average molecular weight is 509 g/mol. The highest BCUT2D eigenvalue weighted by molar-refractivity contribution is 7.25. The molecular weight excluding hydrogens is 485 g/mol. The summed E-state index contributed by atoms with van der Waals surface area (Å²) in [4.78, 5) is 0. The largest absolute Gasteiger partial charge is 0.488 e. The van der Waals surface area contributed by atoms with Crippen molar-refractivity contribution in [2.75, 3.05) is 0 Å². The Morgan fingerprint density at radius 2 is 1.34 bits per heavy atom. The molecule has 0 atom stereocenters. The van der Waals surface area contributed by atoms with Gasteiger partial charge in [0.05, 0.1) is 16.7 Å². The minimum Gasteiger partial charge on any atom is -0.423 e. The molecule has 1 aliphatic heterocycles. The second-order valence-corrected chi connectivity index (χ2v) is 11.9. The van der Waals surface area contributed by atoms with Gasteiger partial charge in [-0.15, -0.1) is 11.3 Å². The fourth-order valence-electron chi connectivity index (χ4n) is 6.48. The summed E-state index contributed by atoms with van der Waals surface area (Å²) in [5.74, 6) is 0. The van der Waals surface area contributed by atoms with E-state index in [1.807, 2.05) is 12.1 Å². The van der Waals surface area contributed by atoms with Crippen molar-refractivity contribution in [3.8, 4) is 16.8 Å². The van der Waals surface area contributed by atoms with Gasteiger partial charge in [0, 0.05) is 31.0 Å². The summed E-state index contributed by atoms with van der Waals surface area (Å²) in [5, 5.41) is 24.2. The summed E-state index contributed by atoms with van der Waals surface area (Å²) in [7, 11) is -1.47. The van der Waals surface area contributed by atoms with Crippen LogP contribution in [-0.4, -0.2) is 21.7 Å². The molecule has 182 valence electrons. The quantitative estimate of drug-likeness (QED) is 0.244. The SMILES string of the molecule is CC1(C)c2ccccc2-n2c3ccc(-c4ccc5sc6ccc(B(O)O)cc6c5c4)cc3c3cccc1c32. The molecule has 2 N–H and O–H groups in total. The lowest BCUT2D eigenvalue weighted by atomic mass is 9.75. The Bertz CT molecular complexity index is 2100. The van der Waals surface area contributed by atoms with Crippen LogP contribution < -0.4 is 5.46 Å². The smallest absolute Gasteiger partial charge is 0.423 e. The highest BCUT2D eigenvalue weighted by Crippen LogP contribution is 2.48. The van der Waals surface area contributed by atoms with Crippen molar-refractivity contribution >= 4 is 65.9 Å². The van der Waals surface area contributed by atoms with Crippen LogP contribution in [0.1, 0.15) is 25.0 Å². The van der Waals surface area contributed by atoms with E-state index in [-0.39, 0.29) is 5.41 Å². The second kappa shape index (κ2) is 7.58. The predicted molar refractivity (Wildman–Crippen MR) is 161 cm³/mol. The molecule has 0 unspecified atom stereocenters. The molecule has 5 heteroatoms. The van der Waals surface area contributed by atoms with Gasteiger partial charge in [-0.1, -0.05) is 74.5 Å². The van der Waals surface area contributed by atoms with Crippen molar-refractivity contribution in [3.63, 3.8) is 0 Å². The Hall–Kier alpha value is -3.90. The summed E-state index contributed by atoms with van der Waals surface area (Å²) in [6.45, 7) is 4.66. The van der Waals surface area contributed by atoms with E-state index in [2.05, 4.69) is 97.3 Å². The first-order valence-corrected chi connectivity index (χ1v) is 13.7. The van der Waals surface area contributed by atoms with Gasteiger partial charge < -0.3 is 14.6 Å². The third-order valence-corrected chi connectivity index (χ3v) is 9.56. The Labute approximate surface area is 224 Å². The van der Waals surface area contributed by atoms with Crippen molar-refractivity contribution in [1.29, 1.82) is 0 Å². The molecule has 3 heterocycles. The molecule has 3 nitrogen and oxygen atoms in total. The van der Waals surface area contributed by atoms with Gasteiger partial charge in [-0.05, 0) is 69.5 Å². The Morgan fingerprint density at radius 3 is 2.16 bits per heavy atom. The molecule has 5 aromatic carbocycles. The van der Waals surface area contributed by atoms with Crippen molar-refractivity contribution in [3.05, 3.63) is 108 Å². The van der Waals surface area contributed by atoms with Gasteiger partial charge in [-0.25, -0.2) is 0 Å². The average Bonchev–Trinajstić information content (AvgIpc) is 3.47. The van der Waals surface area contributed by atoms with Crippen molar-refractivity contribution in [2.24, 2.45) is 0 Å². The number of benzene rings is 5. The molecule has 0 bridgehead atoms. The van der Waals surface area contributed by atoms with Crippen LogP contribution in [0.25, 0.3) is 58.8 Å². The lowest BCUT2D eigenvalue weighted by molar-refractivity contribution is 0.426. The molecule has 0 spiro atoms. The number of para-hydroxylation sites is 2. The van der Waals surface area contributed by atoms with Crippen LogP contribution in [-0.2, 0) is 5.41 Å². The molecule has 1 aliphatic rings. The molecule has 0 amide bonds. The third-order valence-electron chi connectivity index (χ3n) is 8.40. The lowest BCUT2D eigenvalue weighted by Crippen LogP contribution is -2.29. The maximum atomic E-state index is 9.71. The molecule has 38 heavy (non-hydrogen) atoms. The van der Waals surface area contributed by atoms with Crippen LogP contribution in [0, 0.1) is 0 Å². The summed E-state index contributed by atoms with van der Waals surface area (Å²) >= 11 is 1.73. The van der Waals surface area contributed by atoms with Gasteiger partial charge in [0.1, 0.15) is 0 Å². The number of rotatable bonds is 2. The second-order valence-electron chi connectivity index (χ2n) is 10.9. The molecule has 0 radical (unpaired) electrons. The number of nitrogens with zero attached hydrogens (tertiary/aromatic N) is 1. The van der Waals surface area contributed by atoms with Crippen LogP contribution in [0.2, 0.25) is 0 Å². The maximum Gasteiger partial charge on any atom is 0.488 e. The standard InChI is InChI=1S/C33H24BNO2S/c1-33(2)26-7-3-4-9-29(26)35-28-13-10-19(16-23(28)22-6-5-8-27(33)32(22)35)20-11-14-30-24(17-20)25-18-21(34(36)37)12-15-31(25)38-30/h3-18,36-37H,1-2H3. The summed E-state index contributed by atoms with van der Waals surface area (Å²) in [6, 6.07) is 34.6. The van der Waals surface area contributed by atoms with E-state index in [1.165, 1.54) is 48.9 Å². The summed E-state index contributed by atoms with van der Waals surface area (Å²) in [6.07, 6.45) is 0. The van der Waals surface area contributed by atoms with Gasteiger partial charge in [-0.2, -0.15) is 0 Å². The number of aromatic nitrogens is 1. The van der Waals surface area contributed by atoms with Gasteiger partial charge in [-0.3, -0.25) is 0 Å². The Kier molecular flexibility index (Phi) is 4.41. The normalized spacial score (nSPS) is 14.0. The van der Waals surface area contributed by atoms with E-state index >= 15 is 0 Å². The highest BCUT2D eigenvalue weighted by Gasteiger charge is 2.34.